The molecule has 0 saturated heterocycles. The van der Waals surface area contributed by atoms with Crippen molar-refractivity contribution < 1.29 is 33.6 Å². The number of hydrogen-bond acceptors (Lipinski definition) is 6. The van der Waals surface area contributed by atoms with E-state index in [0.717, 1.165) is 0 Å². The smallest absolute Gasteiger partial charge is 0.347 e. The van der Waals surface area contributed by atoms with Gasteiger partial charge in [-0.25, -0.2) is 9.59 Å². The van der Waals surface area contributed by atoms with Crippen molar-refractivity contribution in [1.82, 2.24) is 0 Å². The van der Waals surface area contributed by atoms with E-state index in [4.69, 9.17) is 24.7 Å². The van der Waals surface area contributed by atoms with Gasteiger partial charge in [0.25, 0.3) is 0 Å². The Morgan fingerprint density at radius 1 is 0.931 bits per heavy atom. The highest BCUT2D eigenvalue weighted by atomic mass is 16.5. The number of methoxy groups -OCH3 is 3. The summed E-state index contributed by atoms with van der Waals surface area (Å²) >= 11 is 0. The van der Waals surface area contributed by atoms with Crippen LogP contribution in [0.4, 0.5) is 16.2 Å². The fourth-order valence-electron chi connectivity index (χ4n) is 2.60. The Kier molecular flexibility index (Phi) is 6.42. The van der Waals surface area contributed by atoms with Gasteiger partial charge >= 0.3 is 12.0 Å². The highest BCUT2D eigenvalue weighted by Gasteiger charge is 2.29. The molecule has 156 valence electrons. The first-order valence-electron chi connectivity index (χ1n) is 8.56. The number of carbonyl (C=O) groups excluding carboxylic acids is 1. The number of hydrogen-bond donors (Lipinski definition) is 2. The van der Waals surface area contributed by atoms with Crippen LogP contribution in [0, 0.1) is 0 Å². The molecule has 2 rings (SSSR count). The minimum atomic E-state index is -1.40. The molecule has 2 aromatic rings. The Balaban J connectivity index is 2.45. The van der Waals surface area contributed by atoms with Crippen LogP contribution in [0.15, 0.2) is 36.4 Å². The Morgan fingerprint density at radius 3 is 1.83 bits per heavy atom. The lowest BCUT2D eigenvalue weighted by Gasteiger charge is -2.24. The average Bonchev–Trinajstić information content (AvgIpc) is 2.67. The molecule has 29 heavy (non-hydrogen) atoms. The molecule has 0 atom stereocenters. The molecule has 0 aliphatic carbocycles. The van der Waals surface area contributed by atoms with E-state index in [-0.39, 0.29) is 0 Å². The highest BCUT2D eigenvalue weighted by Crippen LogP contribution is 2.42. The number of rotatable bonds is 8. The third-order valence-electron chi connectivity index (χ3n) is 4.11. The van der Waals surface area contributed by atoms with Gasteiger partial charge in [-0.2, -0.15) is 0 Å². The number of carbonyl (C=O) groups is 2. The van der Waals surface area contributed by atoms with Crippen LogP contribution in [0.2, 0.25) is 0 Å². The molecule has 0 spiro atoms. The molecule has 0 heterocycles. The summed E-state index contributed by atoms with van der Waals surface area (Å²) in [5.41, 5.74) is 5.03. The van der Waals surface area contributed by atoms with Crippen LogP contribution in [-0.4, -0.2) is 44.0 Å². The second-order valence-corrected chi connectivity index (χ2v) is 6.47. The lowest BCUT2D eigenvalue weighted by atomic mass is 10.1. The quantitative estimate of drug-likeness (QED) is 0.693. The highest BCUT2D eigenvalue weighted by molar-refractivity contribution is 5.99. The van der Waals surface area contributed by atoms with Crippen molar-refractivity contribution >= 4 is 23.4 Å². The van der Waals surface area contributed by atoms with Crippen LogP contribution >= 0.6 is 0 Å². The molecule has 9 nitrogen and oxygen atoms in total. The van der Waals surface area contributed by atoms with E-state index in [1.807, 2.05) is 0 Å². The van der Waals surface area contributed by atoms with Crippen molar-refractivity contribution in [2.24, 2.45) is 5.73 Å². The minimum Gasteiger partial charge on any atom is -0.493 e. The maximum absolute atomic E-state index is 12.2. The second-order valence-electron chi connectivity index (χ2n) is 6.47. The number of anilines is 2. The minimum absolute atomic E-state index is 0.329. The molecular weight excluding hydrogens is 380 g/mol. The van der Waals surface area contributed by atoms with Gasteiger partial charge in [0.15, 0.2) is 17.1 Å². The van der Waals surface area contributed by atoms with Crippen LogP contribution in [0.3, 0.4) is 0 Å². The molecule has 0 radical (unpaired) electrons. The number of ether oxygens (including phenoxy) is 4. The average molecular weight is 404 g/mol. The van der Waals surface area contributed by atoms with Crippen molar-refractivity contribution in [2.45, 2.75) is 19.4 Å². The number of urea groups is 1. The van der Waals surface area contributed by atoms with Crippen LogP contribution < -0.4 is 29.6 Å². The molecule has 0 fully saturated rings. The van der Waals surface area contributed by atoms with Crippen LogP contribution in [0.5, 0.6) is 23.0 Å². The second kappa shape index (κ2) is 8.59. The number of amides is 2. The summed E-state index contributed by atoms with van der Waals surface area (Å²) < 4.78 is 21.4. The summed E-state index contributed by atoms with van der Waals surface area (Å²) in [6.07, 6.45) is 0. The lowest BCUT2D eigenvalue weighted by molar-refractivity contribution is -0.152. The predicted octanol–water partition coefficient (Wildman–Crippen LogP) is 3.17. The Hall–Kier alpha value is -3.62. The third-order valence-corrected chi connectivity index (χ3v) is 4.11. The van der Waals surface area contributed by atoms with Crippen molar-refractivity contribution in [1.29, 1.82) is 0 Å². The number of nitrogens with zero attached hydrogens (tertiary/aromatic N) is 1. The van der Waals surface area contributed by atoms with Crippen LogP contribution in [0.1, 0.15) is 13.8 Å². The first kappa shape index (κ1) is 21.7. The van der Waals surface area contributed by atoms with E-state index in [1.165, 1.54) is 40.1 Å². The normalized spacial score (nSPS) is 10.8. The predicted molar refractivity (Wildman–Crippen MR) is 107 cm³/mol. The summed E-state index contributed by atoms with van der Waals surface area (Å²) in [4.78, 5) is 24.6. The molecule has 0 aliphatic rings. The van der Waals surface area contributed by atoms with Gasteiger partial charge in [-0.15, -0.1) is 0 Å². The van der Waals surface area contributed by atoms with E-state index in [1.54, 1.807) is 36.4 Å². The summed E-state index contributed by atoms with van der Waals surface area (Å²) in [5.74, 6) is 0.323. The maximum atomic E-state index is 12.2. The van der Waals surface area contributed by atoms with Gasteiger partial charge in [0, 0.05) is 12.1 Å². The van der Waals surface area contributed by atoms with Crippen molar-refractivity contribution in [2.75, 3.05) is 26.2 Å². The Morgan fingerprint density at radius 2 is 1.45 bits per heavy atom. The van der Waals surface area contributed by atoms with Gasteiger partial charge in [-0.3, -0.25) is 4.90 Å². The Bertz CT molecular complexity index is 869. The lowest BCUT2D eigenvalue weighted by Crippen LogP contribution is -2.37. The van der Waals surface area contributed by atoms with Gasteiger partial charge in [0.1, 0.15) is 5.75 Å². The molecule has 0 bridgehead atoms. The summed E-state index contributed by atoms with van der Waals surface area (Å²) in [7, 11) is 4.40. The number of benzene rings is 2. The van der Waals surface area contributed by atoms with E-state index in [2.05, 4.69) is 0 Å². The monoisotopic (exact) mass is 404 g/mol. The van der Waals surface area contributed by atoms with E-state index in [9.17, 15) is 14.7 Å². The zero-order valence-corrected chi connectivity index (χ0v) is 16.9. The van der Waals surface area contributed by atoms with Gasteiger partial charge in [0.2, 0.25) is 5.75 Å². The van der Waals surface area contributed by atoms with Crippen molar-refractivity contribution in [3.8, 4) is 23.0 Å². The molecule has 2 amide bonds. The standard InChI is InChI=1S/C20H24N2O7/c1-20(2,18(23)24)29-14-8-6-12(7-9-14)22(19(21)25)13-10-15(26-3)17(28-5)16(11-13)27-4/h6-11H,1-5H3,(H2,21,25)(H,23,24). The molecule has 0 aliphatic heterocycles. The van der Waals surface area contributed by atoms with E-state index < -0.39 is 17.6 Å². The first-order valence-corrected chi connectivity index (χ1v) is 8.56. The topological polar surface area (TPSA) is 121 Å². The summed E-state index contributed by atoms with van der Waals surface area (Å²) in [6.45, 7) is 2.88. The molecule has 0 aromatic heterocycles. The number of aliphatic carboxylic acids is 1. The van der Waals surface area contributed by atoms with Gasteiger partial charge in [-0.05, 0) is 38.1 Å². The number of carboxylic acid groups (broad SMARTS) is 1. The van der Waals surface area contributed by atoms with Crippen LogP contribution in [-0.2, 0) is 4.79 Å². The maximum Gasteiger partial charge on any atom is 0.347 e. The SMILES string of the molecule is COc1cc(N(C(N)=O)c2ccc(OC(C)(C)C(=O)O)cc2)cc(OC)c1OC. The van der Waals surface area contributed by atoms with Crippen molar-refractivity contribution in [3.05, 3.63) is 36.4 Å². The fraction of sp³-hybridized carbons (Fsp3) is 0.300. The van der Waals surface area contributed by atoms with Gasteiger partial charge in [0.05, 0.1) is 32.7 Å². The number of primary amides is 1. The largest absolute Gasteiger partial charge is 0.493 e. The third kappa shape index (κ3) is 4.63. The molecule has 0 unspecified atom stereocenters. The molecule has 9 heteroatoms. The fourth-order valence-corrected chi connectivity index (χ4v) is 2.60. The van der Waals surface area contributed by atoms with Gasteiger partial charge < -0.3 is 29.8 Å². The van der Waals surface area contributed by atoms with Crippen molar-refractivity contribution in [3.63, 3.8) is 0 Å². The van der Waals surface area contributed by atoms with Crippen LogP contribution in [0.25, 0.3) is 0 Å². The zero-order valence-electron chi connectivity index (χ0n) is 16.9. The first-order chi connectivity index (χ1) is 13.6. The van der Waals surface area contributed by atoms with E-state index >= 15 is 0 Å². The number of carboxylic acids is 1. The summed E-state index contributed by atoms with van der Waals surface area (Å²) in [5, 5.41) is 9.18. The Labute approximate surface area is 168 Å². The summed E-state index contributed by atoms with van der Waals surface area (Å²) in [6, 6.07) is 8.71. The molecular formula is C20H24N2O7. The van der Waals surface area contributed by atoms with E-state index in [0.29, 0.717) is 34.4 Å². The molecule has 0 saturated carbocycles. The molecule has 2 aromatic carbocycles. The number of nitrogens with two attached hydrogens (primary N) is 1. The molecule has 3 N–H and O–H groups in total. The van der Waals surface area contributed by atoms with Gasteiger partial charge in [-0.1, -0.05) is 0 Å². The zero-order chi connectivity index (χ0) is 21.8.